The molecule has 1 heterocycles. The number of hydrogen-bond acceptors (Lipinski definition) is 5. The smallest absolute Gasteiger partial charge is 0.251 e. The van der Waals surface area contributed by atoms with Crippen LogP contribution in [0.3, 0.4) is 0 Å². The molecule has 2 aliphatic rings. The van der Waals surface area contributed by atoms with E-state index in [9.17, 15) is 4.79 Å². The van der Waals surface area contributed by atoms with Gasteiger partial charge in [0.05, 0.1) is 12.8 Å². The predicted molar refractivity (Wildman–Crippen MR) is 124 cm³/mol. The highest BCUT2D eigenvalue weighted by Crippen LogP contribution is 2.26. The molecule has 4 rings (SSSR count). The molecule has 166 valence electrons. The van der Waals surface area contributed by atoms with Crippen molar-refractivity contribution in [2.24, 2.45) is 0 Å². The average Bonchev–Trinajstić information content (AvgIpc) is 2.81. The van der Waals surface area contributed by atoms with E-state index in [0.29, 0.717) is 23.0 Å². The zero-order chi connectivity index (χ0) is 21.6. The number of carbonyl (C=O) groups is 1. The lowest BCUT2D eigenvalue weighted by molar-refractivity contribution is 0.0683. The molecule has 31 heavy (non-hydrogen) atoms. The summed E-state index contributed by atoms with van der Waals surface area (Å²) in [6, 6.07) is 16.8. The minimum absolute atomic E-state index is 0.0451. The molecule has 6 nitrogen and oxygen atoms in total. The molecule has 6 heteroatoms. The zero-order valence-electron chi connectivity index (χ0n) is 18.4. The molecule has 2 aromatic carbocycles. The molecule has 2 fully saturated rings. The number of piperazine rings is 1. The van der Waals surface area contributed by atoms with E-state index in [1.807, 2.05) is 0 Å². The molecule has 1 aliphatic carbocycles. The molecule has 2 aromatic rings. The van der Waals surface area contributed by atoms with Gasteiger partial charge in [0.2, 0.25) is 0 Å². The Hall–Kier alpha value is -2.57. The maximum Gasteiger partial charge on any atom is 0.251 e. The third kappa shape index (κ3) is 5.57. The molecule has 1 saturated carbocycles. The van der Waals surface area contributed by atoms with Crippen molar-refractivity contribution in [3.05, 3.63) is 59.7 Å². The monoisotopic (exact) mass is 422 g/mol. The number of methoxy groups -OCH3 is 1. The topological polar surface area (TPSA) is 70.8 Å². The van der Waals surface area contributed by atoms with Gasteiger partial charge in [-0.15, -0.1) is 0 Å². The molecule has 1 saturated heterocycles. The van der Waals surface area contributed by atoms with Crippen LogP contribution in [0.5, 0.6) is 5.75 Å². The lowest BCUT2D eigenvalue weighted by atomic mass is 9.89. The Morgan fingerprint density at radius 2 is 1.74 bits per heavy atom. The Morgan fingerprint density at radius 3 is 2.42 bits per heavy atom. The van der Waals surface area contributed by atoms with E-state index in [1.54, 1.807) is 25.3 Å². The molecule has 0 bridgehead atoms. The van der Waals surface area contributed by atoms with Crippen LogP contribution in [0.4, 0.5) is 5.69 Å². The molecule has 0 spiro atoms. The van der Waals surface area contributed by atoms with Crippen molar-refractivity contribution in [3.63, 3.8) is 0 Å². The van der Waals surface area contributed by atoms with Gasteiger partial charge in [-0.2, -0.15) is 0 Å². The third-order valence-corrected chi connectivity index (χ3v) is 6.70. The predicted octanol–water partition coefficient (Wildman–Crippen LogP) is 3.14. The van der Waals surface area contributed by atoms with Gasteiger partial charge in [0.1, 0.15) is 5.75 Å². The first-order chi connectivity index (χ1) is 15.1. The number of nitrogens with zero attached hydrogens (tertiary/aromatic N) is 2. The lowest BCUT2D eigenvalue weighted by Gasteiger charge is -2.42. The summed E-state index contributed by atoms with van der Waals surface area (Å²) in [7, 11) is 1.57. The second-order valence-corrected chi connectivity index (χ2v) is 8.73. The van der Waals surface area contributed by atoms with E-state index in [4.69, 9.17) is 10.5 Å². The Morgan fingerprint density at radius 1 is 1.03 bits per heavy atom. The molecule has 0 aromatic heterocycles. The van der Waals surface area contributed by atoms with Gasteiger partial charge in [-0.05, 0) is 49.4 Å². The number of nitrogen functional groups attached to an aromatic ring is 1. The number of benzene rings is 2. The molecule has 0 unspecified atom stereocenters. The summed E-state index contributed by atoms with van der Waals surface area (Å²) in [5.74, 6) is 0.499. The second kappa shape index (κ2) is 10.2. The molecular weight excluding hydrogens is 388 g/mol. The number of amides is 1. The van der Waals surface area contributed by atoms with Gasteiger partial charge in [0.15, 0.2) is 0 Å². The Bertz CT molecular complexity index is 857. The highest BCUT2D eigenvalue weighted by molar-refractivity contribution is 5.95. The van der Waals surface area contributed by atoms with E-state index in [0.717, 1.165) is 58.4 Å². The molecule has 0 atom stereocenters. The van der Waals surface area contributed by atoms with E-state index in [-0.39, 0.29) is 11.9 Å². The molecule has 1 amide bonds. The van der Waals surface area contributed by atoms with Gasteiger partial charge < -0.3 is 15.8 Å². The van der Waals surface area contributed by atoms with Gasteiger partial charge in [0.25, 0.3) is 5.91 Å². The summed E-state index contributed by atoms with van der Waals surface area (Å²) < 4.78 is 5.23. The van der Waals surface area contributed by atoms with Gasteiger partial charge >= 0.3 is 0 Å². The minimum atomic E-state index is -0.0451. The number of carbonyl (C=O) groups excluding carboxylic acids is 1. The highest BCUT2D eigenvalue weighted by atomic mass is 16.5. The minimum Gasteiger partial charge on any atom is -0.495 e. The summed E-state index contributed by atoms with van der Waals surface area (Å²) >= 11 is 0. The SMILES string of the molecule is COc1cc(C(=O)NC2CCC(N3CCN(Cc4ccccc4)CC3)CC2)ccc1N. The first-order valence-corrected chi connectivity index (χ1v) is 11.4. The highest BCUT2D eigenvalue weighted by Gasteiger charge is 2.29. The molecule has 3 N–H and O–H groups in total. The van der Waals surface area contributed by atoms with Crippen LogP contribution < -0.4 is 15.8 Å². The molecule has 1 aliphatic heterocycles. The number of nitrogens with one attached hydrogen (secondary N) is 1. The zero-order valence-corrected chi connectivity index (χ0v) is 18.4. The summed E-state index contributed by atoms with van der Waals surface area (Å²) in [6.07, 6.45) is 4.36. The van der Waals surface area contributed by atoms with Crippen LogP contribution in [0.1, 0.15) is 41.6 Å². The summed E-state index contributed by atoms with van der Waals surface area (Å²) in [5.41, 5.74) is 8.39. The van der Waals surface area contributed by atoms with E-state index >= 15 is 0 Å². The van der Waals surface area contributed by atoms with Crippen molar-refractivity contribution in [2.45, 2.75) is 44.3 Å². The van der Waals surface area contributed by atoms with Crippen molar-refractivity contribution in [1.82, 2.24) is 15.1 Å². The number of nitrogens with two attached hydrogens (primary N) is 1. The summed E-state index contributed by atoms with van der Waals surface area (Å²) in [6.45, 7) is 5.58. The van der Waals surface area contributed by atoms with E-state index in [2.05, 4.69) is 45.4 Å². The van der Waals surface area contributed by atoms with Gasteiger partial charge in [-0.25, -0.2) is 0 Å². The third-order valence-electron chi connectivity index (χ3n) is 6.70. The first-order valence-electron chi connectivity index (χ1n) is 11.4. The van der Waals surface area contributed by atoms with Crippen molar-refractivity contribution < 1.29 is 9.53 Å². The molecular formula is C25H34N4O2. The fraction of sp³-hybridized carbons (Fsp3) is 0.480. The fourth-order valence-electron chi connectivity index (χ4n) is 4.83. The van der Waals surface area contributed by atoms with Crippen LogP contribution in [0.15, 0.2) is 48.5 Å². The number of anilines is 1. The van der Waals surface area contributed by atoms with Crippen LogP contribution in [0.2, 0.25) is 0 Å². The second-order valence-electron chi connectivity index (χ2n) is 8.73. The normalized spacial score (nSPS) is 22.7. The summed E-state index contributed by atoms with van der Waals surface area (Å²) in [5, 5.41) is 3.20. The van der Waals surface area contributed by atoms with Gasteiger partial charge in [-0.3, -0.25) is 14.6 Å². The maximum atomic E-state index is 12.6. The summed E-state index contributed by atoms with van der Waals surface area (Å²) in [4.78, 5) is 17.8. The van der Waals surface area contributed by atoms with Gasteiger partial charge in [-0.1, -0.05) is 30.3 Å². The average molecular weight is 423 g/mol. The van der Waals surface area contributed by atoms with Crippen molar-refractivity contribution in [3.8, 4) is 5.75 Å². The largest absolute Gasteiger partial charge is 0.495 e. The van der Waals surface area contributed by atoms with Crippen LogP contribution in [-0.2, 0) is 6.54 Å². The Balaban J connectivity index is 1.21. The Kier molecular flexibility index (Phi) is 7.10. The molecule has 0 radical (unpaired) electrons. The van der Waals surface area contributed by atoms with E-state index < -0.39 is 0 Å². The van der Waals surface area contributed by atoms with Crippen molar-refractivity contribution >= 4 is 11.6 Å². The van der Waals surface area contributed by atoms with Crippen LogP contribution >= 0.6 is 0 Å². The van der Waals surface area contributed by atoms with E-state index in [1.165, 1.54) is 5.56 Å². The number of rotatable bonds is 6. The quantitative estimate of drug-likeness (QED) is 0.700. The maximum absolute atomic E-state index is 12.6. The fourth-order valence-corrected chi connectivity index (χ4v) is 4.83. The van der Waals surface area contributed by atoms with Crippen LogP contribution in [0, 0.1) is 0 Å². The number of ether oxygens (including phenoxy) is 1. The Labute approximate surface area is 185 Å². The van der Waals surface area contributed by atoms with Crippen molar-refractivity contribution in [2.75, 3.05) is 39.0 Å². The van der Waals surface area contributed by atoms with Crippen molar-refractivity contribution in [1.29, 1.82) is 0 Å². The number of hydrogen-bond donors (Lipinski definition) is 2. The lowest BCUT2D eigenvalue weighted by Crippen LogP contribution is -2.52. The van der Waals surface area contributed by atoms with Gasteiger partial charge in [0, 0.05) is 50.4 Å². The van der Waals surface area contributed by atoms with Crippen LogP contribution in [-0.4, -0.2) is 61.1 Å². The standard InChI is InChI=1S/C25H34N4O2/c1-31-24-17-20(7-12-23(24)26)25(30)27-21-8-10-22(11-9-21)29-15-13-28(14-16-29)18-19-5-3-2-4-6-19/h2-7,12,17,21-22H,8-11,13-16,18,26H2,1H3,(H,27,30). The van der Waals surface area contributed by atoms with Crippen LogP contribution in [0.25, 0.3) is 0 Å². The first kappa shape index (κ1) is 21.7.